The van der Waals surface area contributed by atoms with Gasteiger partial charge in [0, 0.05) is 95.1 Å². The van der Waals surface area contributed by atoms with E-state index in [-0.39, 0.29) is 40.6 Å². The lowest BCUT2D eigenvalue weighted by Crippen LogP contribution is -2.58. The maximum atomic E-state index is 15.1. The number of benzene rings is 3. The highest BCUT2D eigenvalue weighted by Crippen LogP contribution is 2.41. The number of piperazine rings is 2. The second-order valence-corrected chi connectivity index (χ2v) is 18.4. The SMILES string of the molecule is CCc1cccc(-c2cnc(C(=O)N3CC4CCC3CC4CN3CCN(CC(=O)N4CCN(C(=O)c5cc(Cc6n[nH]c(=O)c7ccccc67)ccc5F)CC4)CC3)c(NC(=O)CCl)c2)c1. The van der Waals surface area contributed by atoms with Crippen LogP contribution in [-0.2, 0) is 22.4 Å². The maximum Gasteiger partial charge on any atom is 0.274 e. The molecule has 0 radical (unpaired) electrons. The first-order valence-corrected chi connectivity index (χ1v) is 23.6. The van der Waals surface area contributed by atoms with Crippen LogP contribution >= 0.6 is 11.6 Å². The Balaban J connectivity index is 0.740. The lowest BCUT2D eigenvalue weighted by molar-refractivity contribution is -0.134. The van der Waals surface area contributed by atoms with Crippen LogP contribution in [0.2, 0.25) is 0 Å². The van der Waals surface area contributed by atoms with Gasteiger partial charge in [0.1, 0.15) is 11.7 Å². The predicted molar refractivity (Wildman–Crippen MR) is 251 cm³/mol. The van der Waals surface area contributed by atoms with E-state index in [0.29, 0.717) is 85.2 Å². The minimum Gasteiger partial charge on any atom is -0.338 e. The highest BCUT2D eigenvalue weighted by Gasteiger charge is 2.44. The highest BCUT2D eigenvalue weighted by molar-refractivity contribution is 6.29. The number of halogens is 2. The summed E-state index contributed by atoms with van der Waals surface area (Å²) >= 11 is 5.88. The number of carbonyl (C=O) groups is 4. The molecule has 344 valence electrons. The molecule has 1 aliphatic carbocycles. The quantitative estimate of drug-likeness (QED) is 0.159. The molecule has 5 aromatic rings. The number of anilines is 1. The van der Waals surface area contributed by atoms with Gasteiger partial charge in [0.15, 0.2) is 5.69 Å². The molecule has 4 amide bonds. The third-order valence-electron chi connectivity index (χ3n) is 14.0. The molecule has 5 aliphatic rings. The molecule has 14 nitrogen and oxygen atoms in total. The normalized spacial score (nSPS) is 20.2. The molecular formula is C50H55ClFN9O5. The van der Waals surface area contributed by atoms with Crippen LogP contribution in [0.5, 0.6) is 0 Å². The molecule has 3 unspecified atom stereocenters. The first kappa shape index (κ1) is 45.1. The Hall–Kier alpha value is -6.03. The summed E-state index contributed by atoms with van der Waals surface area (Å²) in [5, 5.41) is 10.8. The zero-order valence-corrected chi connectivity index (χ0v) is 37.9. The molecule has 10 rings (SSSR count). The van der Waals surface area contributed by atoms with Gasteiger partial charge < -0.3 is 24.9 Å². The molecule has 3 aromatic carbocycles. The van der Waals surface area contributed by atoms with Crippen molar-refractivity contribution >= 4 is 51.7 Å². The van der Waals surface area contributed by atoms with Gasteiger partial charge in [-0.2, -0.15) is 5.10 Å². The van der Waals surface area contributed by atoms with Crippen LogP contribution in [-0.4, -0.2) is 147 Å². The van der Waals surface area contributed by atoms with Gasteiger partial charge in [0.05, 0.1) is 28.9 Å². The van der Waals surface area contributed by atoms with E-state index in [1.165, 1.54) is 11.6 Å². The number of pyridine rings is 1. The van der Waals surface area contributed by atoms with Crippen LogP contribution in [0.25, 0.3) is 21.9 Å². The van der Waals surface area contributed by atoms with Gasteiger partial charge in [0.25, 0.3) is 17.4 Å². The van der Waals surface area contributed by atoms with E-state index < -0.39 is 17.6 Å². The van der Waals surface area contributed by atoms with Gasteiger partial charge in [-0.3, -0.25) is 28.9 Å². The van der Waals surface area contributed by atoms with Gasteiger partial charge in [0.2, 0.25) is 11.8 Å². The number of H-pyrrole nitrogens is 1. The summed E-state index contributed by atoms with van der Waals surface area (Å²) in [5.74, 6) is -0.966. The number of piperidine rings is 2. The number of aryl methyl sites for hydroxylation is 1. The van der Waals surface area contributed by atoms with Crippen LogP contribution < -0.4 is 10.9 Å². The summed E-state index contributed by atoms with van der Waals surface area (Å²) in [7, 11) is 0. The summed E-state index contributed by atoms with van der Waals surface area (Å²) in [4.78, 5) is 80.7. The zero-order chi connectivity index (χ0) is 45.9. The number of hydrogen-bond donors (Lipinski definition) is 2. The summed E-state index contributed by atoms with van der Waals surface area (Å²) in [6.07, 6.45) is 5.83. The molecular weight excluding hydrogens is 861 g/mol. The van der Waals surface area contributed by atoms with E-state index in [0.717, 1.165) is 69.5 Å². The van der Waals surface area contributed by atoms with E-state index in [4.69, 9.17) is 11.6 Å². The van der Waals surface area contributed by atoms with Crippen LogP contribution in [0.4, 0.5) is 10.1 Å². The number of nitrogens with zero attached hydrogens (tertiary/aromatic N) is 7. The van der Waals surface area contributed by atoms with Crippen molar-refractivity contribution < 1.29 is 23.6 Å². The molecule has 0 spiro atoms. The van der Waals surface area contributed by atoms with Crippen LogP contribution in [0.1, 0.15) is 63.9 Å². The third kappa shape index (κ3) is 9.74. The lowest BCUT2D eigenvalue weighted by atomic mass is 9.71. The Morgan fingerprint density at radius 1 is 0.818 bits per heavy atom. The van der Waals surface area contributed by atoms with E-state index in [9.17, 15) is 24.0 Å². The second-order valence-electron chi connectivity index (χ2n) is 18.1. The van der Waals surface area contributed by atoms with Crippen molar-refractivity contribution in [3.8, 4) is 11.1 Å². The average Bonchev–Trinajstić information content (AvgIpc) is 3.35. The van der Waals surface area contributed by atoms with Crippen molar-refractivity contribution in [2.24, 2.45) is 11.8 Å². The largest absolute Gasteiger partial charge is 0.338 e. The van der Waals surface area contributed by atoms with E-state index >= 15 is 4.39 Å². The molecule has 4 aliphatic heterocycles. The average molecular weight is 916 g/mol. The van der Waals surface area contributed by atoms with Gasteiger partial charge >= 0.3 is 0 Å². The molecule has 1 saturated carbocycles. The zero-order valence-electron chi connectivity index (χ0n) is 37.2. The summed E-state index contributed by atoms with van der Waals surface area (Å²) in [6.45, 7) is 8.64. The second kappa shape index (κ2) is 19.8. The van der Waals surface area contributed by atoms with Gasteiger partial charge in [-0.25, -0.2) is 14.5 Å². The number of alkyl halides is 1. The Morgan fingerprint density at radius 2 is 1.58 bits per heavy atom. The van der Waals surface area contributed by atoms with Gasteiger partial charge in [-0.15, -0.1) is 11.6 Å². The van der Waals surface area contributed by atoms with Crippen molar-refractivity contribution in [2.45, 2.75) is 45.1 Å². The number of fused-ring (bicyclic) bond motifs is 4. The Labute approximate surface area is 388 Å². The van der Waals surface area contributed by atoms with Crippen molar-refractivity contribution in [1.29, 1.82) is 0 Å². The Bertz CT molecular complexity index is 2700. The number of aromatic nitrogens is 3. The minimum absolute atomic E-state index is 0.0258. The topological polar surface area (TPSA) is 155 Å². The minimum atomic E-state index is -0.609. The standard InChI is InChI=1S/C50H55ClFN9O5/c1-2-32-6-5-7-34(22-32)36-26-44(54-45(62)27-51)47(53-28-36)50(66)61-30-35-11-12-38(61)25-37(35)29-57-14-16-58(17-15-57)31-46(63)59-18-20-60(21-19-59)49(65)41-23-33(10-13-42(41)52)24-43-39-8-3-4-9-40(39)48(64)56-55-43/h3-10,13,22-23,26,28,35,37-38H,2,11-12,14-21,24-25,27,29-31H2,1H3,(H,54,62)(H,56,64). The summed E-state index contributed by atoms with van der Waals surface area (Å²) in [6, 6.07) is 21.7. The molecule has 5 fully saturated rings. The highest BCUT2D eigenvalue weighted by atomic mass is 35.5. The molecule has 2 aromatic heterocycles. The first-order chi connectivity index (χ1) is 32.0. The molecule has 2 N–H and O–H groups in total. The molecule has 4 saturated heterocycles. The van der Waals surface area contributed by atoms with Crippen LogP contribution in [0.15, 0.2) is 83.8 Å². The molecule has 2 bridgehead atoms. The van der Waals surface area contributed by atoms with Crippen molar-refractivity contribution in [3.63, 3.8) is 0 Å². The molecule has 16 heteroatoms. The monoisotopic (exact) mass is 915 g/mol. The van der Waals surface area contributed by atoms with Gasteiger partial charge in [-0.05, 0) is 78.5 Å². The molecule has 6 heterocycles. The Kier molecular flexibility index (Phi) is 13.6. The summed E-state index contributed by atoms with van der Waals surface area (Å²) in [5.41, 5.74) is 4.58. The van der Waals surface area contributed by atoms with Crippen LogP contribution in [0, 0.1) is 17.7 Å². The van der Waals surface area contributed by atoms with Gasteiger partial charge in [-0.1, -0.05) is 55.5 Å². The van der Waals surface area contributed by atoms with Crippen LogP contribution in [0.3, 0.4) is 0 Å². The smallest absolute Gasteiger partial charge is 0.274 e. The number of carbonyl (C=O) groups excluding carboxylic acids is 4. The fourth-order valence-electron chi connectivity index (χ4n) is 10.3. The van der Waals surface area contributed by atoms with E-state index in [1.807, 2.05) is 35.2 Å². The number of rotatable bonds is 12. The fraction of sp³-hybridized carbons (Fsp3) is 0.420. The van der Waals surface area contributed by atoms with Crippen molar-refractivity contribution in [3.05, 3.63) is 123 Å². The molecule has 3 atom stereocenters. The van der Waals surface area contributed by atoms with E-state index in [2.05, 4.69) is 49.4 Å². The van der Waals surface area contributed by atoms with E-state index in [1.54, 1.807) is 40.3 Å². The van der Waals surface area contributed by atoms with Crippen molar-refractivity contribution in [1.82, 2.24) is 39.7 Å². The molecule has 66 heavy (non-hydrogen) atoms. The Morgan fingerprint density at radius 3 is 2.32 bits per heavy atom. The first-order valence-electron chi connectivity index (χ1n) is 23.1. The number of amides is 4. The summed E-state index contributed by atoms with van der Waals surface area (Å²) < 4.78 is 15.1. The fourth-order valence-corrected chi connectivity index (χ4v) is 10.4. The predicted octanol–water partition coefficient (Wildman–Crippen LogP) is 5.30. The number of hydrogen-bond acceptors (Lipinski definition) is 9. The number of nitrogens with one attached hydrogen (secondary N) is 2. The maximum absolute atomic E-state index is 15.1. The third-order valence-corrected chi connectivity index (χ3v) is 14.3. The number of aromatic amines is 1. The lowest BCUT2D eigenvalue weighted by Gasteiger charge is -2.51. The van der Waals surface area contributed by atoms with Crippen molar-refractivity contribution in [2.75, 3.05) is 83.2 Å².